The first-order valence-corrected chi connectivity index (χ1v) is 8.46. The van der Waals surface area contributed by atoms with Crippen molar-refractivity contribution in [3.63, 3.8) is 0 Å². The van der Waals surface area contributed by atoms with Gasteiger partial charge in [-0.3, -0.25) is 4.79 Å². The lowest BCUT2D eigenvalue weighted by molar-refractivity contribution is -0.134. The Morgan fingerprint density at radius 2 is 1.88 bits per heavy atom. The smallest absolute Gasteiger partial charge is 0.242 e. The molecule has 1 amide bonds. The fourth-order valence-electron chi connectivity index (χ4n) is 3.60. The molecule has 2 aliphatic rings. The van der Waals surface area contributed by atoms with Gasteiger partial charge in [0.05, 0.1) is 23.3 Å². The Bertz CT molecular complexity index is 781. The quantitative estimate of drug-likeness (QED) is 0.730. The highest BCUT2D eigenvalue weighted by Gasteiger charge is 2.37. The molecule has 0 aromatic heterocycles. The van der Waals surface area contributed by atoms with Crippen LogP contribution in [0.5, 0.6) is 0 Å². The van der Waals surface area contributed by atoms with Crippen LogP contribution in [-0.4, -0.2) is 30.4 Å². The number of fused-ring (bicyclic) bond motifs is 3. The van der Waals surface area contributed by atoms with Crippen LogP contribution in [0, 0.1) is 0 Å². The van der Waals surface area contributed by atoms with E-state index >= 15 is 0 Å². The SMILES string of the molecule is Cl.O=C1CN(c2ccc(Cl)cc2Cl)CC2c3ccccc3CCN12. The van der Waals surface area contributed by atoms with Crippen LogP contribution in [0.15, 0.2) is 42.5 Å². The first kappa shape index (κ1) is 17.4. The van der Waals surface area contributed by atoms with Gasteiger partial charge in [0.25, 0.3) is 0 Å². The Morgan fingerprint density at radius 3 is 2.67 bits per heavy atom. The van der Waals surface area contributed by atoms with Gasteiger partial charge in [-0.2, -0.15) is 0 Å². The average molecular weight is 384 g/mol. The van der Waals surface area contributed by atoms with Crippen molar-refractivity contribution in [2.75, 3.05) is 24.5 Å². The van der Waals surface area contributed by atoms with E-state index in [0.29, 0.717) is 16.6 Å². The molecule has 1 fully saturated rings. The monoisotopic (exact) mass is 382 g/mol. The number of benzene rings is 2. The Labute approximate surface area is 157 Å². The van der Waals surface area contributed by atoms with Crippen molar-refractivity contribution >= 4 is 47.2 Å². The molecule has 24 heavy (non-hydrogen) atoms. The van der Waals surface area contributed by atoms with Crippen LogP contribution in [0.1, 0.15) is 17.2 Å². The molecular weight excluding hydrogens is 367 g/mol. The van der Waals surface area contributed by atoms with Gasteiger partial charge in [-0.05, 0) is 35.7 Å². The lowest BCUT2D eigenvalue weighted by atomic mass is 9.90. The van der Waals surface area contributed by atoms with Crippen LogP contribution < -0.4 is 4.90 Å². The summed E-state index contributed by atoms with van der Waals surface area (Å²) in [6.07, 6.45) is 0.931. The first-order chi connectivity index (χ1) is 11.1. The lowest BCUT2D eigenvalue weighted by Gasteiger charge is -2.45. The Morgan fingerprint density at radius 1 is 1.08 bits per heavy atom. The zero-order valence-corrected chi connectivity index (χ0v) is 15.2. The van der Waals surface area contributed by atoms with Gasteiger partial charge in [0.1, 0.15) is 0 Å². The second-order valence-corrected chi connectivity index (χ2v) is 6.87. The topological polar surface area (TPSA) is 23.6 Å². The number of carbonyl (C=O) groups is 1. The summed E-state index contributed by atoms with van der Waals surface area (Å²) >= 11 is 12.3. The normalized spacial score (nSPS) is 19.4. The Kier molecular flexibility index (Phi) is 4.95. The molecule has 0 N–H and O–H groups in total. The van der Waals surface area contributed by atoms with Gasteiger partial charge >= 0.3 is 0 Å². The van der Waals surface area contributed by atoms with Crippen molar-refractivity contribution in [3.05, 3.63) is 63.6 Å². The van der Waals surface area contributed by atoms with E-state index in [1.165, 1.54) is 11.1 Å². The van der Waals surface area contributed by atoms with Gasteiger partial charge < -0.3 is 9.80 Å². The van der Waals surface area contributed by atoms with Crippen molar-refractivity contribution in [2.45, 2.75) is 12.5 Å². The summed E-state index contributed by atoms with van der Waals surface area (Å²) in [6.45, 7) is 1.91. The van der Waals surface area contributed by atoms with Crippen molar-refractivity contribution in [1.29, 1.82) is 0 Å². The van der Waals surface area contributed by atoms with E-state index in [1.807, 2.05) is 23.1 Å². The van der Waals surface area contributed by atoms with Crippen molar-refractivity contribution in [3.8, 4) is 0 Å². The van der Waals surface area contributed by atoms with Crippen molar-refractivity contribution < 1.29 is 4.79 Å². The third kappa shape index (κ3) is 2.97. The van der Waals surface area contributed by atoms with E-state index in [0.717, 1.165) is 25.2 Å². The molecule has 2 aliphatic heterocycles. The minimum absolute atomic E-state index is 0. The zero-order chi connectivity index (χ0) is 16.0. The highest BCUT2D eigenvalue weighted by atomic mass is 35.5. The predicted octanol–water partition coefficient (Wildman–Crippen LogP) is 4.36. The van der Waals surface area contributed by atoms with Crippen molar-refractivity contribution in [2.24, 2.45) is 0 Å². The van der Waals surface area contributed by atoms with Gasteiger partial charge in [0.15, 0.2) is 0 Å². The second kappa shape index (κ2) is 6.83. The fraction of sp³-hybridized carbons (Fsp3) is 0.278. The molecule has 1 atom stereocenters. The molecule has 2 aromatic rings. The maximum atomic E-state index is 12.6. The number of anilines is 1. The summed E-state index contributed by atoms with van der Waals surface area (Å²) < 4.78 is 0. The zero-order valence-electron chi connectivity index (χ0n) is 12.9. The maximum absolute atomic E-state index is 12.6. The van der Waals surface area contributed by atoms with Crippen LogP contribution in [0.25, 0.3) is 0 Å². The van der Waals surface area contributed by atoms with E-state index in [-0.39, 0.29) is 24.4 Å². The summed E-state index contributed by atoms with van der Waals surface area (Å²) in [6, 6.07) is 13.9. The van der Waals surface area contributed by atoms with Crippen LogP contribution in [0.4, 0.5) is 5.69 Å². The summed E-state index contributed by atoms with van der Waals surface area (Å²) in [7, 11) is 0. The van der Waals surface area contributed by atoms with Crippen LogP contribution in [0.2, 0.25) is 10.0 Å². The van der Waals surface area contributed by atoms with Gasteiger partial charge in [-0.15, -0.1) is 12.4 Å². The molecule has 0 spiro atoms. The summed E-state index contributed by atoms with van der Waals surface area (Å²) in [5, 5.41) is 1.19. The highest BCUT2D eigenvalue weighted by Crippen LogP contribution is 2.37. The molecule has 0 saturated carbocycles. The number of rotatable bonds is 1. The second-order valence-electron chi connectivity index (χ2n) is 6.03. The molecule has 0 radical (unpaired) electrons. The van der Waals surface area contributed by atoms with Gasteiger partial charge in [-0.1, -0.05) is 47.5 Å². The van der Waals surface area contributed by atoms with E-state index in [4.69, 9.17) is 23.2 Å². The number of piperazine rings is 1. The van der Waals surface area contributed by atoms with Crippen LogP contribution in [0.3, 0.4) is 0 Å². The number of hydrogen-bond donors (Lipinski definition) is 0. The van der Waals surface area contributed by atoms with E-state index in [1.54, 1.807) is 6.07 Å². The number of nitrogens with zero attached hydrogens (tertiary/aromatic N) is 2. The Balaban J connectivity index is 0.00000169. The van der Waals surface area contributed by atoms with Gasteiger partial charge in [-0.25, -0.2) is 0 Å². The van der Waals surface area contributed by atoms with E-state index in [2.05, 4.69) is 23.1 Å². The lowest BCUT2D eigenvalue weighted by Crippen LogP contribution is -2.54. The van der Waals surface area contributed by atoms with E-state index < -0.39 is 0 Å². The third-order valence-electron chi connectivity index (χ3n) is 4.70. The molecule has 1 unspecified atom stereocenters. The average Bonchev–Trinajstić information content (AvgIpc) is 2.54. The molecule has 1 saturated heterocycles. The Hall–Kier alpha value is -1.42. The maximum Gasteiger partial charge on any atom is 0.242 e. The molecule has 0 bridgehead atoms. The number of amides is 1. The van der Waals surface area contributed by atoms with E-state index in [9.17, 15) is 4.79 Å². The first-order valence-electron chi connectivity index (χ1n) is 7.71. The summed E-state index contributed by atoms with van der Waals surface area (Å²) in [5.74, 6) is 0.154. The molecule has 4 rings (SSSR count). The molecule has 2 heterocycles. The minimum atomic E-state index is 0. The molecule has 126 valence electrons. The fourth-order valence-corrected chi connectivity index (χ4v) is 4.12. The molecule has 0 aliphatic carbocycles. The summed E-state index contributed by atoms with van der Waals surface area (Å²) in [5.41, 5.74) is 3.46. The highest BCUT2D eigenvalue weighted by molar-refractivity contribution is 6.36. The van der Waals surface area contributed by atoms with Gasteiger partial charge in [0.2, 0.25) is 5.91 Å². The minimum Gasteiger partial charge on any atom is -0.359 e. The van der Waals surface area contributed by atoms with Crippen LogP contribution >= 0.6 is 35.6 Å². The van der Waals surface area contributed by atoms with Gasteiger partial charge in [0, 0.05) is 18.1 Å². The third-order valence-corrected chi connectivity index (χ3v) is 5.24. The summed E-state index contributed by atoms with van der Waals surface area (Å²) in [4.78, 5) is 16.7. The largest absolute Gasteiger partial charge is 0.359 e. The molecule has 3 nitrogen and oxygen atoms in total. The number of hydrogen-bond acceptors (Lipinski definition) is 2. The standard InChI is InChI=1S/C18H16Cl2N2O.ClH/c19-13-5-6-16(15(20)9-13)21-10-17-14-4-2-1-3-12(14)7-8-22(17)18(23)11-21;/h1-6,9,17H,7-8,10-11H2;1H. The predicted molar refractivity (Wildman–Crippen MR) is 101 cm³/mol. The number of carbonyl (C=O) groups excluding carboxylic acids is 1. The number of halogens is 3. The van der Waals surface area contributed by atoms with Crippen LogP contribution in [-0.2, 0) is 11.2 Å². The molecule has 6 heteroatoms. The molecule has 2 aromatic carbocycles. The van der Waals surface area contributed by atoms with Crippen molar-refractivity contribution in [1.82, 2.24) is 4.90 Å². The molecular formula is C18H17Cl3N2O.